The van der Waals surface area contributed by atoms with E-state index in [0.29, 0.717) is 17.9 Å². The van der Waals surface area contributed by atoms with Gasteiger partial charge in [0.25, 0.3) is 5.91 Å². The Bertz CT molecular complexity index is 1190. The summed E-state index contributed by atoms with van der Waals surface area (Å²) in [5.74, 6) is -0.197. The van der Waals surface area contributed by atoms with Crippen LogP contribution in [0, 0.1) is 6.92 Å². The average molecular weight is 454 g/mol. The molecule has 1 fully saturated rings. The summed E-state index contributed by atoms with van der Waals surface area (Å²) >= 11 is 0. The van der Waals surface area contributed by atoms with Gasteiger partial charge >= 0.3 is 0 Å². The van der Waals surface area contributed by atoms with Gasteiger partial charge in [-0.25, -0.2) is 0 Å². The number of aliphatic imine (C=N–C) groups is 1. The van der Waals surface area contributed by atoms with Crippen molar-refractivity contribution in [2.75, 3.05) is 25.0 Å². The lowest BCUT2D eigenvalue weighted by atomic mass is 9.93. The second-order valence-corrected chi connectivity index (χ2v) is 9.27. The van der Waals surface area contributed by atoms with Crippen molar-refractivity contribution in [2.24, 2.45) is 4.99 Å². The molecule has 0 bridgehead atoms. The van der Waals surface area contributed by atoms with Gasteiger partial charge in [-0.2, -0.15) is 0 Å². The lowest BCUT2D eigenvalue weighted by molar-refractivity contribution is -0.110. The van der Waals surface area contributed by atoms with E-state index in [4.69, 9.17) is 0 Å². The van der Waals surface area contributed by atoms with Gasteiger partial charge in [-0.15, -0.1) is 0 Å². The molecule has 1 saturated heterocycles. The van der Waals surface area contributed by atoms with Gasteiger partial charge in [0.1, 0.15) is 5.71 Å². The first-order chi connectivity index (χ1) is 16.7. The van der Waals surface area contributed by atoms with E-state index < -0.39 is 0 Å². The standard InChI is InChI=1S/C28H31N5O/c1-20-6-9-25(18-31-20)32-28(34)27-26-15-23(8-7-22(26)10-11-30-27)24-14-21(16-29-17-24)19-33-12-4-2-3-5-13-33/h6-9,14-18H,2-5,10-13,19H2,1H3,(H,32,34). The number of hydrogen-bond donors (Lipinski definition) is 1. The van der Waals surface area contributed by atoms with E-state index in [9.17, 15) is 4.79 Å². The van der Waals surface area contributed by atoms with Crippen LogP contribution in [0.1, 0.15) is 48.1 Å². The van der Waals surface area contributed by atoms with Crippen LogP contribution in [0.25, 0.3) is 11.1 Å². The summed E-state index contributed by atoms with van der Waals surface area (Å²) in [7, 11) is 0. The Morgan fingerprint density at radius 3 is 2.62 bits per heavy atom. The number of nitrogens with zero attached hydrogens (tertiary/aromatic N) is 4. The molecule has 0 atom stereocenters. The normalized spacial score (nSPS) is 16.3. The molecule has 3 aromatic rings. The fourth-order valence-electron chi connectivity index (χ4n) is 4.78. The third-order valence-electron chi connectivity index (χ3n) is 6.63. The van der Waals surface area contributed by atoms with E-state index in [0.717, 1.165) is 54.0 Å². The molecule has 2 aliphatic rings. The number of anilines is 1. The summed E-state index contributed by atoms with van der Waals surface area (Å²) in [6.07, 6.45) is 11.6. The van der Waals surface area contributed by atoms with Gasteiger partial charge in [0, 0.05) is 42.3 Å². The molecular formula is C28H31N5O. The minimum atomic E-state index is -0.197. The molecule has 1 N–H and O–H groups in total. The minimum Gasteiger partial charge on any atom is -0.319 e. The topological polar surface area (TPSA) is 70.5 Å². The van der Waals surface area contributed by atoms with Crippen molar-refractivity contribution in [1.29, 1.82) is 0 Å². The molecule has 0 spiro atoms. The van der Waals surface area contributed by atoms with Crippen molar-refractivity contribution in [3.63, 3.8) is 0 Å². The third kappa shape index (κ3) is 5.23. The number of hydrogen-bond acceptors (Lipinski definition) is 5. The maximum absolute atomic E-state index is 13.1. The van der Waals surface area contributed by atoms with E-state index in [-0.39, 0.29) is 5.91 Å². The lowest BCUT2D eigenvalue weighted by Gasteiger charge is -2.20. The Labute approximate surface area is 201 Å². The fraction of sp³-hybridized carbons (Fsp3) is 0.357. The van der Waals surface area contributed by atoms with E-state index in [2.05, 4.69) is 49.4 Å². The second kappa shape index (κ2) is 10.3. The number of likely N-dealkylation sites (tertiary alicyclic amines) is 1. The number of aryl methyl sites for hydroxylation is 1. The Balaban J connectivity index is 1.37. The molecule has 34 heavy (non-hydrogen) atoms. The molecule has 2 aliphatic heterocycles. The summed E-state index contributed by atoms with van der Waals surface area (Å²) < 4.78 is 0. The highest BCUT2D eigenvalue weighted by Crippen LogP contribution is 2.26. The molecule has 0 aliphatic carbocycles. The van der Waals surface area contributed by atoms with Crippen LogP contribution in [0.5, 0.6) is 0 Å². The third-order valence-corrected chi connectivity index (χ3v) is 6.63. The molecule has 0 unspecified atom stereocenters. The first-order valence-corrected chi connectivity index (χ1v) is 12.2. The van der Waals surface area contributed by atoms with E-state index in [1.807, 2.05) is 31.5 Å². The number of aromatic nitrogens is 2. The number of fused-ring (bicyclic) bond motifs is 1. The Morgan fingerprint density at radius 2 is 1.82 bits per heavy atom. The SMILES string of the molecule is Cc1ccc(NC(=O)C2=NCCc3ccc(-c4cncc(CN5CCCCCC5)c4)cc32)cn1. The molecule has 5 rings (SSSR count). The van der Waals surface area contributed by atoms with Crippen LogP contribution >= 0.6 is 0 Å². The lowest BCUT2D eigenvalue weighted by Crippen LogP contribution is -2.28. The largest absolute Gasteiger partial charge is 0.319 e. The van der Waals surface area contributed by atoms with Gasteiger partial charge in [0.2, 0.25) is 0 Å². The maximum atomic E-state index is 13.1. The molecule has 6 heteroatoms. The number of carbonyl (C=O) groups is 1. The van der Waals surface area contributed by atoms with Gasteiger partial charge < -0.3 is 5.32 Å². The summed E-state index contributed by atoms with van der Waals surface area (Å²) in [5, 5.41) is 2.95. The van der Waals surface area contributed by atoms with Crippen LogP contribution in [0.15, 0.2) is 60.0 Å². The molecule has 1 amide bonds. The van der Waals surface area contributed by atoms with Crippen molar-refractivity contribution >= 4 is 17.3 Å². The number of benzene rings is 1. The first kappa shape index (κ1) is 22.4. The second-order valence-electron chi connectivity index (χ2n) is 9.27. The molecule has 6 nitrogen and oxygen atoms in total. The summed E-state index contributed by atoms with van der Waals surface area (Å²) in [6.45, 7) is 5.80. The smallest absolute Gasteiger partial charge is 0.274 e. The monoisotopic (exact) mass is 453 g/mol. The highest BCUT2D eigenvalue weighted by Gasteiger charge is 2.22. The van der Waals surface area contributed by atoms with Gasteiger partial charge in [0.05, 0.1) is 11.9 Å². The fourth-order valence-corrected chi connectivity index (χ4v) is 4.78. The highest BCUT2D eigenvalue weighted by atomic mass is 16.1. The number of amides is 1. The summed E-state index contributed by atoms with van der Waals surface area (Å²) in [4.78, 5) is 29.0. The van der Waals surface area contributed by atoms with Gasteiger partial charge in [-0.1, -0.05) is 25.0 Å². The van der Waals surface area contributed by atoms with Gasteiger partial charge in [-0.05, 0) is 80.2 Å². The molecule has 174 valence electrons. The molecule has 2 aromatic heterocycles. The van der Waals surface area contributed by atoms with E-state index in [1.54, 1.807) is 6.20 Å². The van der Waals surface area contributed by atoms with Crippen molar-refractivity contribution in [2.45, 2.75) is 45.6 Å². The molecular weight excluding hydrogens is 422 g/mol. The quantitative estimate of drug-likeness (QED) is 0.602. The molecule has 0 saturated carbocycles. The highest BCUT2D eigenvalue weighted by molar-refractivity contribution is 6.49. The number of pyridine rings is 2. The Morgan fingerprint density at radius 1 is 0.971 bits per heavy atom. The van der Waals surface area contributed by atoms with Crippen LogP contribution < -0.4 is 5.32 Å². The van der Waals surface area contributed by atoms with Gasteiger partial charge in [-0.3, -0.25) is 24.7 Å². The van der Waals surface area contributed by atoms with E-state index in [1.165, 1.54) is 31.2 Å². The predicted octanol–water partition coefficient (Wildman–Crippen LogP) is 4.81. The van der Waals surface area contributed by atoms with Crippen molar-refractivity contribution < 1.29 is 4.79 Å². The first-order valence-electron chi connectivity index (χ1n) is 12.2. The molecule has 1 aromatic carbocycles. The average Bonchev–Trinajstić information content (AvgIpc) is 3.13. The summed E-state index contributed by atoms with van der Waals surface area (Å²) in [5.41, 5.74) is 7.49. The zero-order valence-electron chi connectivity index (χ0n) is 19.8. The van der Waals surface area contributed by atoms with Crippen molar-refractivity contribution in [1.82, 2.24) is 14.9 Å². The van der Waals surface area contributed by atoms with Crippen LogP contribution in [-0.4, -0.2) is 46.1 Å². The molecule has 0 radical (unpaired) electrons. The van der Waals surface area contributed by atoms with E-state index >= 15 is 0 Å². The van der Waals surface area contributed by atoms with Crippen LogP contribution in [0.2, 0.25) is 0 Å². The summed E-state index contributed by atoms with van der Waals surface area (Å²) in [6, 6.07) is 12.3. The number of carbonyl (C=O) groups excluding carboxylic acids is 1. The number of rotatable bonds is 5. The van der Waals surface area contributed by atoms with Crippen LogP contribution in [0.3, 0.4) is 0 Å². The van der Waals surface area contributed by atoms with Crippen molar-refractivity contribution in [3.05, 3.63) is 77.4 Å². The maximum Gasteiger partial charge on any atom is 0.274 e. The number of nitrogens with one attached hydrogen (secondary N) is 1. The Kier molecular flexibility index (Phi) is 6.77. The van der Waals surface area contributed by atoms with Crippen LogP contribution in [-0.2, 0) is 17.8 Å². The molecule has 4 heterocycles. The van der Waals surface area contributed by atoms with Crippen molar-refractivity contribution in [3.8, 4) is 11.1 Å². The minimum absolute atomic E-state index is 0.197. The Hall–Kier alpha value is -3.38. The van der Waals surface area contributed by atoms with Crippen LogP contribution in [0.4, 0.5) is 5.69 Å². The van der Waals surface area contributed by atoms with Gasteiger partial charge in [0.15, 0.2) is 0 Å². The predicted molar refractivity (Wildman–Crippen MR) is 136 cm³/mol. The zero-order chi connectivity index (χ0) is 23.3. The zero-order valence-corrected chi connectivity index (χ0v) is 19.8.